The molecule has 1 atom stereocenters. The predicted molar refractivity (Wildman–Crippen MR) is 60.1 cm³/mol. The maximum Gasteiger partial charge on any atom is 0.182 e. The second-order valence-electron chi connectivity index (χ2n) is 5.21. The number of H-pyrrole nitrogens is 1. The molecule has 1 aliphatic carbocycles. The van der Waals surface area contributed by atoms with E-state index in [1.54, 1.807) is 0 Å². The fraction of sp³-hybridized carbons (Fsp3) is 0.833. The average Bonchev–Trinajstić information content (AvgIpc) is 2.98. The molecule has 1 unspecified atom stereocenters. The van der Waals surface area contributed by atoms with Crippen molar-refractivity contribution in [2.24, 2.45) is 0 Å². The van der Waals surface area contributed by atoms with Gasteiger partial charge in [0.15, 0.2) is 5.82 Å². The summed E-state index contributed by atoms with van der Waals surface area (Å²) in [5.74, 6) is 2.53. The lowest BCUT2D eigenvalue weighted by molar-refractivity contribution is 0.00957. The van der Waals surface area contributed by atoms with Gasteiger partial charge in [-0.1, -0.05) is 12.8 Å². The van der Waals surface area contributed by atoms with Gasteiger partial charge in [0.2, 0.25) is 0 Å². The Morgan fingerprint density at radius 2 is 2.12 bits per heavy atom. The Labute approximate surface area is 95.8 Å². The fourth-order valence-electron chi connectivity index (χ4n) is 2.85. The molecule has 4 nitrogen and oxygen atoms in total. The SMILES string of the molecule is CC1(c2n[nH]c(C3CCCC3)n2)CCCO1. The number of hydrogen-bond acceptors (Lipinski definition) is 3. The molecule has 88 valence electrons. The van der Waals surface area contributed by atoms with E-state index in [9.17, 15) is 0 Å². The first-order valence-electron chi connectivity index (χ1n) is 6.35. The molecule has 2 fully saturated rings. The van der Waals surface area contributed by atoms with Gasteiger partial charge in [-0.05, 0) is 32.6 Å². The van der Waals surface area contributed by atoms with Crippen molar-refractivity contribution in [2.75, 3.05) is 6.61 Å². The molecule has 0 aromatic carbocycles. The summed E-state index contributed by atoms with van der Waals surface area (Å²) >= 11 is 0. The van der Waals surface area contributed by atoms with Crippen LogP contribution in [0.15, 0.2) is 0 Å². The highest BCUT2D eigenvalue weighted by Gasteiger charge is 2.36. The van der Waals surface area contributed by atoms with Gasteiger partial charge in [0, 0.05) is 12.5 Å². The van der Waals surface area contributed by atoms with Crippen LogP contribution in [0.3, 0.4) is 0 Å². The quantitative estimate of drug-likeness (QED) is 0.834. The second-order valence-corrected chi connectivity index (χ2v) is 5.21. The maximum absolute atomic E-state index is 5.76. The molecule has 0 bridgehead atoms. The number of hydrogen-bond donors (Lipinski definition) is 1. The second kappa shape index (κ2) is 3.84. The zero-order chi connectivity index (χ0) is 11.0. The largest absolute Gasteiger partial charge is 0.367 e. The molecule has 1 N–H and O–H groups in total. The van der Waals surface area contributed by atoms with E-state index in [2.05, 4.69) is 22.1 Å². The van der Waals surface area contributed by atoms with E-state index in [0.29, 0.717) is 5.92 Å². The molecular formula is C12H19N3O. The van der Waals surface area contributed by atoms with Crippen LogP contribution in [0.1, 0.15) is 63.0 Å². The van der Waals surface area contributed by atoms with Crippen molar-refractivity contribution < 1.29 is 4.74 Å². The van der Waals surface area contributed by atoms with Gasteiger partial charge in [-0.3, -0.25) is 5.10 Å². The van der Waals surface area contributed by atoms with Crippen LogP contribution in [0.5, 0.6) is 0 Å². The first kappa shape index (κ1) is 10.3. The molecular weight excluding hydrogens is 202 g/mol. The molecule has 0 radical (unpaired) electrons. The van der Waals surface area contributed by atoms with Crippen LogP contribution in [-0.2, 0) is 10.3 Å². The molecule has 3 rings (SSSR count). The van der Waals surface area contributed by atoms with Crippen LogP contribution in [-0.4, -0.2) is 21.8 Å². The first-order chi connectivity index (χ1) is 7.78. The Morgan fingerprint density at radius 3 is 2.81 bits per heavy atom. The van der Waals surface area contributed by atoms with E-state index >= 15 is 0 Å². The Bertz CT molecular complexity index is 362. The Morgan fingerprint density at radius 1 is 1.31 bits per heavy atom. The van der Waals surface area contributed by atoms with Crippen LogP contribution in [0.2, 0.25) is 0 Å². The van der Waals surface area contributed by atoms with Gasteiger partial charge in [0.25, 0.3) is 0 Å². The Kier molecular flexibility index (Phi) is 2.46. The number of nitrogens with one attached hydrogen (secondary N) is 1. The highest BCUT2D eigenvalue weighted by atomic mass is 16.5. The third-order valence-corrected chi connectivity index (χ3v) is 3.94. The summed E-state index contributed by atoms with van der Waals surface area (Å²) < 4.78 is 5.76. The number of aromatic amines is 1. The maximum atomic E-state index is 5.76. The van der Waals surface area contributed by atoms with Gasteiger partial charge in [-0.2, -0.15) is 5.10 Å². The zero-order valence-corrected chi connectivity index (χ0v) is 9.83. The van der Waals surface area contributed by atoms with Gasteiger partial charge in [0.1, 0.15) is 11.4 Å². The highest BCUT2D eigenvalue weighted by Crippen LogP contribution is 2.36. The van der Waals surface area contributed by atoms with E-state index in [0.717, 1.165) is 31.1 Å². The summed E-state index contributed by atoms with van der Waals surface area (Å²) in [6.07, 6.45) is 7.32. The van der Waals surface area contributed by atoms with Crippen LogP contribution < -0.4 is 0 Å². The van der Waals surface area contributed by atoms with Gasteiger partial charge < -0.3 is 4.74 Å². The molecule has 1 saturated heterocycles. The fourth-order valence-corrected chi connectivity index (χ4v) is 2.85. The smallest absolute Gasteiger partial charge is 0.182 e. The minimum absolute atomic E-state index is 0.243. The van der Waals surface area contributed by atoms with E-state index < -0.39 is 0 Å². The molecule has 1 saturated carbocycles. The molecule has 1 aromatic heterocycles. The molecule has 0 amide bonds. The summed E-state index contributed by atoms with van der Waals surface area (Å²) in [5, 5.41) is 7.46. The minimum Gasteiger partial charge on any atom is -0.367 e. The summed E-state index contributed by atoms with van der Waals surface area (Å²) in [6.45, 7) is 2.94. The number of rotatable bonds is 2. The topological polar surface area (TPSA) is 50.8 Å². The molecule has 2 aliphatic rings. The lowest BCUT2D eigenvalue weighted by Gasteiger charge is -2.18. The molecule has 2 heterocycles. The van der Waals surface area contributed by atoms with Gasteiger partial charge in [-0.25, -0.2) is 4.98 Å². The van der Waals surface area contributed by atoms with E-state index in [1.807, 2.05) is 0 Å². The van der Waals surface area contributed by atoms with Crippen molar-refractivity contribution in [3.8, 4) is 0 Å². The number of ether oxygens (including phenoxy) is 1. The highest BCUT2D eigenvalue weighted by molar-refractivity contribution is 5.06. The number of nitrogens with zero attached hydrogens (tertiary/aromatic N) is 2. The van der Waals surface area contributed by atoms with Crippen LogP contribution in [0.25, 0.3) is 0 Å². The van der Waals surface area contributed by atoms with Crippen molar-refractivity contribution in [1.82, 2.24) is 15.2 Å². The molecule has 4 heteroatoms. The average molecular weight is 221 g/mol. The summed E-state index contributed by atoms with van der Waals surface area (Å²) in [7, 11) is 0. The van der Waals surface area contributed by atoms with E-state index in [4.69, 9.17) is 4.74 Å². The van der Waals surface area contributed by atoms with E-state index in [-0.39, 0.29) is 5.60 Å². The van der Waals surface area contributed by atoms with Crippen LogP contribution in [0.4, 0.5) is 0 Å². The van der Waals surface area contributed by atoms with Gasteiger partial charge >= 0.3 is 0 Å². The molecule has 0 spiro atoms. The zero-order valence-electron chi connectivity index (χ0n) is 9.83. The standard InChI is InChI=1S/C12H19N3O/c1-12(7-4-8-16-12)11-13-10(14-15-11)9-5-2-3-6-9/h9H,2-8H2,1H3,(H,13,14,15). The lowest BCUT2D eigenvalue weighted by atomic mass is 10.0. The predicted octanol–water partition coefficient (Wildman–Crippen LogP) is 2.49. The first-order valence-corrected chi connectivity index (χ1v) is 6.35. The number of aromatic nitrogens is 3. The third-order valence-electron chi connectivity index (χ3n) is 3.94. The minimum atomic E-state index is -0.243. The van der Waals surface area contributed by atoms with Crippen molar-refractivity contribution >= 4 is 0 Å². The van der Waals surface area contributed by atoms with Crippen molar-refractivity contribution in [2.45, 2.75) is 57.0 Å². The molecule has 1 aromatic rings. The molecule has 1 aliphatic heterocycles. The summed E-state index contributed by atoms with van der Waals surface area (Å²) in [5.41, 5.74) is -0.243. The monoisotopic (exact) mass is 221 g/mol. The lowest BCUT2D eigenvalue weighted by Crippen LogP contribution is -2.21. The summed E-state index contributed by atoms with van der Waals surface area (Å²) in [4.78, 5) is 4.65. The van der Waals surface area contributed by atoms with Gasteiger partial charge in [0.05, 0.1) is 0 Å². The Balaban J connectivity index is 1.81. The van der Waals surface area contributed by atoms with Crippen molar-refractivity contribution in [1.29, 1.82) is 0 Å². The van der Waals surface area contributed by atoms with Crippen LogP contribution in [0, 0.1) is 0 Å². The Hall–Kier alpha value is -0.900. The van der Waals surface area contributed by atoms with Crippen LogP contribution >= 0.6 is 0 Å². The molecule has 16 heavy (non-hydrogen) atoms. The van der Waals surface area contributed by atoms with Crippen molar-refractivity contribution in [3.05, 3.63) is 11.6 Å². The third kappa shape index (κ3) is 1.65. The summed E-state index contributed by atoms with van der Waals surface area (Å²) in [6, 6.07) is 0. The van der Waals surface area contributed by atoms with Gasteiger partial charge in [-0.15, -0.1) is 0 Å². The van der Waals surface area contributed by atoms with Crippen molar-refractivity contribution in [3.63, 3.8) is 0 Å². The normalized spacial score (nSPS) is 31.3. The van der Waals surface area contributed by atoms with E-state index in [1.165, 1.54) is 25.7 Å².